The van der Waals surface area contributed by atoms with E-state index in [2.05, 4.69) is 0 Å². The Labute approximate surface area is 345 Å². The van der Waals surface area contributed by atoms with Crippen LogP contribution in [0, 0.1) is 0 Å². The summed E-state index contributed by atoms with van der Waals surface area (Å²) in [6.45, 7) is 0. The second-order valence-corrected chi connectivity index (χ2v) is 6.73. The first-order valence-electron chi connectivity index (χ1n) is 2.67. The molecule has 28 heteroatoms. The molecule has 0 saturated carbocycles. The number of hydrogen-bond acceptors (Lipinski definition) is 16. The monoisotopic (exact) mass is 648 g/mol. The summed E-state index contributed by atoms with van der Waals surface area (Å²) in [4.78, 5) is 0. The van der Waals surface area contributed by atoms with E-state index in [1.807, 2.05) is 0 Å². The second-order valence-electron chi connectivity index (χ2n) is 1.63. The van der Waals surface area contributed by atoms with Crippen LogP contribution in [0.1, 0.15) is 0 Å². The average molecular weight is 648 g/mol. The molecule has 0 spiro atoms. The summed E-state index contributed by atoms with van der Waals surface area (Å²) in [5.74, 6) is 0. The van der Waals surface area contributed by atoms with Crippen LogP contribution in [0.5, 0.6) is 0 Å². The van der Waals surface area contributed by atoms with Gasteiger partial charge < -0.3 is 0 Å². The van der Waals surface area contributed by atoms with Crippen LogP contribution >= 0.6 is 0 Å². The molecule has 0 aliphatic rings. The summed E-state index contributed by atoms with van der Waals surface area (Å²) in [6, 6.07) is 0. The maximum atomic E-state index is 8.59. The van der Waals surface area contributed by atoms with Crippen molar-refractivity contribution in [2.24, 2.45) is 0 Å². The third-order valence-corrected chi connectivity index (χ3v) is 0. The Morgan fingerprint density at radius 3 is 0.250 bits per heavy atom. The van der Waals surface area contributed by atoms with E-state index in [4.69, 9.17) is 63.7 Å². The zero-order chi connectivity index (χ0) is 18.0. The van der Waals surface area contributed by atoms with Gasteiger partial charge in [0.2, 0.25) is 0 Å². The van der Waals surface area contributed by atoms with Gasteiger partial charge in [0.25, 0.3) is 0 Å². The van der Waals surface area contributed by atoms with E-state index in [-0.39, 0.29) is 236 Å². The van der Waals surface area contributed by atoms with E-state index in [1.54, 1.807) is 0 Å². The van der Waals surface area contributed by atoms with Crippen LogP contribution < -0.4 is 270 Å². The molecule has 0 aliphatic heterocycles. The van der Waals surface area contributed by atoms with Gasteiger partial charge in [0.1, 0.15) is 0 Å². The van der Waals surface area contributed by atoms with Gasteiger partial charge in [0.05, 0.1) is 0 Å². The molecule has 0 N–H and O–H groups in total. The maximum absolute atomic E-state index is 8.59. The van der Waals surface area contributed by atoms with Crippen LogP contribution in [0.25, 0.3) is 0 Å². The summed E-state index contributed by atoms with van der Waals surface area (Å²) < 4.78 is 138. The van der Waals surface area contributed by atoms with Crippen molar-refractivity contribution in [3.05, 3.63) is 0 Å². The Hall–Kier alpha value is 8.21. The SMILES string of the molecule is [Na+].[Na+].[Na+].[Na+].[Na+].[Na+].[Na+].[Na+].[O]=[Cr](=[O])([O-])[O-].[O]=[Cr](=[O])([O-])[O-].[O]=[Cr](=[O])([O-])[O-].[O]=[Cr](=[O])([O-])[O-]. The molecule has 0 aromatic heterocycles. The molecule has 0 aromatic carbocycles. The van der Waals surface area contributed by atoms with Gasteiger partial charge in [-0.05, 0) is 0 Å². The predicted octanol–water partition coefficient (Wildman–Crippen LogP) is -34.4. The van der Waals surface area contributed by atoms with Crippen molar-refractivity contribution in [3.8, 4) is 0 Å². The first-order valence-corrected chi connectivity index (χ1v) is 11.0. The van der Waals surface area contributed by atoms with Crippen molar-refractivity contribution in [1.82, 2.24) is 0 Å². The average Bonchev–Trinajstić information content (AvgIpc) is 1.62. The standard InChI is InChI=1S/4Cr.8Na.16O/q;;;;8*+1;;;;;;;;;8*-1. The molecular formula is Cr4Na8O16. The third kappa shape index (κ3) is 560. The van der Waals surface area contributed by atoms with Gasteiger partial charge in [-0.15, -0.1) is 0 Å². The van der Waals surface area contributed by atoms with E-state index < -0.39 is 54.5 Å². The Kier molecular flexibility index (Phi) is 109. The van der Waals surface area contributed by atoms with Crippen molar-refractivity contribution < 1.29 is 355 Å². The molecule has 0 aromatic rings. The predicted molar refractivity (Wildman–Crippen MR) is 5.49 cm³/mol. The van der Waals surface area contributed by atoms with Crippen molar-refractivity contribution >= 4 is 0 Å². The molecule has 28 heavy (non-hydrogen) atoms. The van der Waals surface area contributed by atoms with Gasteiger partial charge in [0.15, 0.2) is 0 Å². The molecule has 0 bridgehead atoms. The first kappa shape index (κ1) is 76.6. The topological polar surface area (TPSA) is 321 Å². The molecule has 0 aliphatic carbocycles. The van der Waals surface area contributed by atoms with Crippen molar-refractivity contribution in [3.63, 3.8) is 0 Å². The van der Waals surface area contributed by atoms with Crippen LogP contribution in [-0.4, -0.2) is 0 Å². The molecule has 0 fully saturated rings. The Morgan fingerprint density at radius 2 is 0.250 bits per heavy atom. The molecule has 0 amide bonds. The molecule has 0 radical (unpaired) electrons. The summed E-state index contributed by atoms with van der Waals surface area (Å²) in [5.41, 5.74) is 0. The number of hydrogen-bond donors (Lipinski definition) is 0. The zero-order valence-electron chi connectivity index (χ0n) is 16.2. The van der Waals surface area contributed by atoms with Crippen LogP contribution in [0.15, 0.2) is 0 Å². The van der Waals surface area contributed by atoms with E-state index >= 15 is 0 Å². The van der Waals surface area contributed by atoms with Gasteiger partial charge >= 0.3 is 355 Å². The molecule has 0 unspecified atom stereocenters. The molecule has 0 saturated heterocycles. The fourth-order valence-corrected chi connectivity index (χ4v) is 0. The summed E-state index contributed by atoms with van der Waals surface area (Å²) in [5, 5.41) is 0. The van der Waals surface area contributed by atoms with Crippen LogP contribution in [0.3, 0.4) is 0 Å². The van der Waals surface area contributed by atoms with Gasteiger partial charge in [-0.3, -0.25) is 0 Å². The van der Waals surface area contributed by atoms with E-state index in [1.165, 1.54) is 0 Å². The zero-order valence-corrected chi connectivity index (χ0v) is 37.3. The van der Waals surface area contributed by atoms with E-state index in [9.17, 15) is 0 Å². The molecule has 0 atom stereocenters. The summed E-state index contributed by atoms with van der Waals surface area (Å²) >= 11 is -23.0. The Morgan fingerprint density at radius 1 is 0.250 bits per heavy atom. The Bertz CT molecular complexity index is 491. The normalized spacial score (nSPS) is 8.29. The quantitative estimate of drug-likeness (QED) is 0.220. The van der Waals surface area contributed by atoms with E-state index in [0.717, 1.165) is 0 Å². The molecular weight excluding hydrogens is 648 g/mol. The van der Waals surface area contributed by atoms with Crippen molar-refractivity contribution in [2.75, 3.05) is 0 Å². The van der Waals surface area contributed by atoms with Crippen LogP contribution in [0.2, 0.25) is 0 Å². The Balaban J connectivity index is -0.0000000111. The van der Waals surface area contributed by atoms with Crippen molar-refractivity contribution in [2.45, 2.75) is 0 Å². The van der Waals surface area contributed by atoms with Crippen LogP contribution in [-0.2, 0) is 84.9 Å². The minimum absolute atomic E-state index is 0. The molecule has 0 heterocycles. The third-order valence-electron chi connectivity index (χ3n) is 0. The van der Waals surface area contributed by atoms with Crippen molar-refractivity contribution in [1.29, 1.82) is 0 Å². The number of rotatable bonds is 0. The minimum atomic E-state index is -5.75. The van der Waals surface area contributed by atoms with Gasteiger partial charge in [-0.1, -0.05) is 0 Å². The second kappa shape index (κ2) is 39.7. The summed E-state index contributed by atoms with van der Waals surface area (Å²) in [7, 11) is 0. The summed E-state index contributed by atoms with van der Waals surface area (Å²) in [6.07, 6.45) is 0. The molecule has 0 rings (SSSR count). The fourth-order valence-electron chi connectivity index (χ4n) is 0. The van der Waals surface area contributed by atoms with Gasteiger partial charge in [0, 0.05) is 0 Å². The van der Waals surface area contributed by atoms with Crippen LogP contribution in [0.4, 0.5) is 0 Å². The van der Waals surface area contributed by atoms with E-state index in [0.29, 0.717) is 0 Å². The first-order chi connectivity index (χ1) is 8.00. The molecule has 128 valence electrons. The van der Waals surface area contributed by atoms with Gasteiger partial charge in [-0.2, -0.15) is 0 Å². The fraction of sp³-hybridized carbons (Fsp3) is 0. The molecule has 16 nitrogen and oxygen atoms in total. The van der Waals surface area contributed by atoms with Gasteiger partial charge in [-0.25, -0.2) is 0 Å².